The maximum atomic E-state index is 11.4. The topological polar surface area (TPSA) is 35.5 Å². The predicted molar refractivity (Wildman–Crippen MR) is 57.4 cm³/mol. The molecule has 14 heavy (non-hydrogen) atoms. The van der Waals surface area contributed by atoms with Gasteiger partial charge in [0.25, 0.3) is 0 Å². The van der Waals surface area contributed by atoms with Gasteiger partial charge in [0.2, 0.25) is 0 Å². The molecule has 1 rings (SSSR count). The van der Waals surface area contributed by atoms with Gasteiger partial charge in [-0.25, -0.2) is 0 Å². The van der Waals surface area contributed by atoms with Crippen LogP contribution in [0.1, 0.15) is 20.3 Å². The van der Waals surface area contributed by atoms with Crippen LogP contribution in [-0.2, 0) is 33.7 Å². The fraction of sp³-hybridized carbons (Fsp3) is 0.778. The van der Waals surface area contributed by atoms with Crippen LogP contribution >= 0.6 is 22.6 Å². The van der Waals surface area contributed by atoms with Crippen molar-refractivity contribution in [3.63, 3.8) is 0 Å². The van der Waals surface area contributed by atoms with Crippen LogP contribution in [0.3, 0.4) is 0 Å². The van der Waals surface area contributed by atoms with E-state index < -0.39 is 5.41 Å². The van der Waals surface area contributed by atoms with Crippen molar-refractivity contribution in [3.05, 3.63) is 6.42 Å². The van der Waals surface area contributed by atoms with E-state index >= 15 is 0 Å². The normalized spacial score (nSPS) is 37.4. The maximum absolute atomic E-state index is 11.4. The molecule has 0 unspecified atom stereocenters. The molecule has 1 heterocycles. The van der Waals surface area contributed by atoms with Crippen molar-refractivity contribution >= 4 is 26.4 Å². The van der Waals surface area contributed by atoms with Gasteiger partial charge in [0, 0.05) is 26.6 Å². The molecule has 1 radical (unpaired) electrons. The van der Waals surface area contributed by atoms with E-state index in [4.69, 9.17) is 9.47 Å². The zero-order chi connectivity index (χ0) is 10.1. The van der Waals surface area contributed by atoms with Crippen LogP contribution < -0.4 is 0 Å². The van der Waals surface area contributed by atoms with Crippen LogP contribution in [0, 0.1) is 11.8 Å². The Morgan fingerprint density at radius 3 is 2.71 bits per heavy atom. The fourth-order valence-electron chi connectivity index (χ4n) is 1.54. The Morgan fingerprint density at radius 2 is 2.29 bits per heavy atom. The fourth-order valence-corrected chi connectivity index (χ4v) is 1.94. The number of hydrogen-bond donors (Lipinski definition) is 0. The summed E-state index contributed by atoms with van der Waals surface area (Å²) in [5.41, 5.74) is -0.404. The quantitative estimate of drug-likeness (QED) is 0.308. The summed E-state index contributed by atoms with van der Waals surface area (Å²) in [6.07, 6.45) is 2.26. The molecule has 3 nitrogen and oxygen atoms in total. The molecule has 0 amide bonds. The van der Waals surface area contributed by atoms with E-state index in [1.54, 1.807) is 7.11 Å². The Balaban J connectivity index is 0.00000169. The molecule has 1 aliphatic rings. The SMILES string of the molecule is CO[C@H]1C[C@@](C)(C(=O)I)[CH-][C@H](C)O1.[Rh]. The summed E-state index contributed by atoms with van der Waals surface area (Å²) in [5.74, 6) is 0. The molecule has 0 bridgehead atoms. The van der Waals surface area contributed by atoms with Gasteiger partial charge in [0.05, 0.1) is 0 Å². The van der Waals surface area contributed by atoms with E-state index in [-0.39, 0.29) is 35.7 Å². The molecule has 0 aromatic rings. The van der Waals surface area contributed by atoms with E-state index in [2.05, 4.69) is 0 Å². The van der Waals surface area contributed by atoms with E-state index in [1.807, 2.05) is 42.9 Å². The number of methoxy groups -OCH3 is 1. The van der Waals surface area contributed by atoms with Gasteiger partial charge in [-0.2, -0.15) is 0 Å². The molecule has 0 spiro atoms. The third-order valence-electron chi connectivity index (χ3n) is 2.27. The van der Waals surface area contributed by atoms with Gasteiger partial charge in [0.15, 0.2) is 10.1 Å². The second-order valence-corrected chi connectivity index (χ2v) is 4.55. The minimum atomic E-state index is -0.404. The van der Waals surface area contributed by atoms with Gasteiger partial charge in [-0.3, -0.25) is 11.2 Å². The van der Waals surface area contributed by atoms with Gasteiger partial charge < -0.3 is 9.47 Å². The maximum Gasteiger partial charge on any atom is 0.169 e. The number of carbonyl (C=O) groups is 1. The van der Waals surface area contributed by atoms with E-state index in [0.717, 1.165) is 0 Å². The summed E-state index contributed by atoms with van der Waals surface area (Å²) in [7, 11) is 1.60. The summed E-state index contributed by atoms with van der Waals surface area (Å²) in [4.78, 5) is 11.4. The summed E-state index contributed by atoms with van der Waals surface area (Å²) in [5, 5.41) is 0. The molecule has 1 saturated heterocycles. The van der Waals surface area contributed by atoms with Crippen molar-refractivity contribution in [1.82, 2.24) is 0 Å². The van der Waals surface area contributed by atoms with Crippen molar-refractivity contribution in [2.24, 2.45) is 5.41 Å². The number of rotatable bonds is 2. The molecule has 0 saturated carbocycles. The first-order valence-corrected chi connectivity index (χ1v) is 5.30. The summed E-state index contributed by atoms with van der Waals surface area (Å²) in [6.45, 7) is 3.84. The Labute approximate surface area is 111 Å². The van der Waals surface area contributed by atoms with Crippen molar-refractivity contribution in [2.75, 3.05) is 7.11 Å². The standard InChI is InChI=1S/C9H14IO3.Rh/c1-6-4-9(2,8(10)11)5-7(12-3)13-6;/h4,6-7H,5H2,1-3H3;/q-1;/t6-,7+,9-;/m0./s1. The monoisotopic (exact) mass is 400 g/mol. The van der Waals surface area contributed by atoms with Crippen LogP contribution in [0.5, 0.6) is 0 Å². The Bertz CT molecular complexity index is 212. The minimum Gasteiger partial charge on any atom is -0.382 e. The Kier molecular flexibility index (Phi) is 6.27. The molecule has 1 aliphatic heterocycles. The van der Waals surface area contributed by atoms with Gasteiger partial charge >= 0.3 is 0 Å². The van der Waals surface area contributed by atoms with Gasteiger partial charge in [-0.05, 0) is 29.0 Å². The zero-order valence-electron chi connectivity index (χ0n) is 8.38. The number of halogens is 1. The molecule has 0 N–H and O–H groups in total. The smallest absolute Gasteiger partial charge is 0.169 e. The zero-order valence-corrected chi connectivity index (χ0v) is 12.2. The largest absolute Gasteiger partial charge is 0.382 e. The first kappa shape index (κ1) is 14.9. The van der Waals surface area contributed by atoms with Crippen molar-refractivity contribution < 1.29 is 33.7 Å². The first-order valence-electron chi connectivity index (χ1n) is 4.22. The average molecular weight is 400 g/mol. The molecular weight excluding hydrogens is 386 g/mol. The molecular formula is C9H14IO3Rh-. The molecule has 3 atom stereocenters. The van der Waals surface area contributed by atoms with Gasteiger partial charge in [0.1, 0.15) is 0 Å². The molecule has 0 aromatic heterocycles. The average Bonchev–Trinajstić information content (AvgIpc) is 2.02. The number of carbonyl (C=O) groups excluding carboxylic acids is 1. The molecule has 0 aliphatic carbocycles. The molecule has 85 valence electrons. The Morgan fingerprint density at radius 1 is 1.71 bits per heavy atom. The van der Waals surface area contributed by atoms with Crippen LogP contribution in [0.4, 0.5) is 0 Å². The van der Waals surface area contributed by atoms with Crippen molar-refractivity contribution in [1.29, 1.82) is 0 Å². The van der Waals surface area contributed by atoms with Crippen LogP contribution in [-0.4, -0.2) is 23.3 Å². The third-order valence-corrected chi connectivity index (χ3v) is 3.50. The van der Waals surface area contributed by atoms with Crippen molar-refractivity contribution in [3.8, 4) is 0 Å². The third kappa shape index (κ3) is 3.51. The predicted octanol–water partition coefficient (Wildman–Crippen LogP) is 1.94. The minimum absolute atomic E-state index is 0. The van der Waals surface area contributed by atoms with Gasteiger partial charge in [-0.15, -0.1) is 0 Å². The van der Waals surface area contributed by atoms with Crippen LogP contribution in [0.25, 0.3) is 0 Å². The molecule has 5 heteroatoms. The molecule has 0 aromatic carbocycles. The molecule has 1 fully saturated rings. The van der Waals surface area contributed by atoms with Crippen molar-refractivity contribution in [2.45, 2.75) is 32.7 Å². The second-order valence-electron chi connectivity index (χ2n) is 3.57. The van der Waals surface area contributed by atoms with Gasteiger partial charge in [-0.1, -0.05) is 25.4 Å². The van der Waals surface area contributed by atoms with E-state index in [9.17, 15) is 4.79 Å². The number of hydrogen-bond acceptors (Lipinski definition) is 3. The number of ether oxygens (including phenoxy) is 2. The summed E-state index contributed by atoms with van der Waals surface area (Å²) < 4.78 is 10.7. The second kappa shape index (κ2) is 5.87. The summed E-state index contributed by atoms with van der Waals surface area (Å²) in [6, 6.07) is 0. The summed E-state index contributed by atoms with van der Waals surface area (Å²) >= 11 is 1.83. The Hall–Kier alpha value is 0.943. The van der Waals surface area contributed by atoms with E-state index in [0.29, 0.717) is 6.42 Å². The van der Waals surface area contributed by atoms with Crippen LogP contribution in [0.2, 0.25) is 0 Å². The van der Waals surface area contributed by atoms with E-state index in [1.165, 1.54) is 0 Å². The van der Waals surface area contributed by atoms with Crippen LogP contribution in [0.15, 0.2) is 0 Å². The first-order chi connectivity index (χ1) is 5.98.